The molecule has 0 bridgehead atoms. The molecular weight excluding hydrogens is 429 g/mol. The van der Waals surface area contributed by atoms with Gasteiger partial charge in [-0.05, 0) is 68.6 Å². The fourth-order valence-corrected chi connectivity index (χ4v) is 3.65. The molecule has 0 spiro atoms. The molecule has 0 heterocycles. The Kier molecular flexibility index (Phi) is 6.07. The zero-order valence-corrected chi connectivity index (χ0v) is 15.7. The van der Waals surface area contributed by atoms with Crippen LogP contribution < -0.4 is 4.74 Å². The van der Waals surface area contributed by atoms with E-state index in [0.29, 0.717) is 22.8 Å². The Labute approximate surface area is 151 Å². The molecule has 0 saturated carbocycles. The van der Waals surface area contributed by atoms with Gasteiger partial charge in [0.15, 0.2) is 0 Å². The lowest BCUT2D eigenvalue weighted by Crippen LogP contribution is -1.94. The molecule has 0 fully saturated rings. The average Bonchev–Trinajstić information content (AvgIpc) is 2.49. The van der Waals surface area contributed by atoms with E-state index >= 15 is 0 Å². The molecule has 22 heavy (non-hydrogen) atoms. The van der Waals surface area contributed by atoms with Crippen LogP contribution in [0.1, 0.15) is 18.1 Å². The van der Waals surface area contributed by atoms with E-state index < -0.39 is 0 Å². The van der Waals surface area contributed by atoms with Gasteiger partial charge in [-0.2, -0.15) is 5.26 Å². The van der Waals surface area contributed by atoms with Gasteiger partial charge < -0.3 is 4.74 Å². The molecule has 0 amide bonds. The maximum absolute atomic E-state index is 9.42. The minimum atomic E-state index is 0.508. The molecular formula is C17H12Br2ClNO. The third kappa shape index (κ3) is 3.92. The third-order valence-electron chi connectivity index (χ3n) is 2.90. The molecule has 2 rings (SSSR count). The monoisotopic (exact) mass is 439 g/mol. The lowest BCUT2D eigenvalue weighted by atomic mass is 10.0. The minimum Gasteiger partial charge on any atom is -0.492 e. The number of allylic oxidation sites excluding steroid dienone is 1. The highest BCUT2D eigenvalue weighted by Crippen LogP contribution is 2.36. The Hall–Kier alpha value is -1.28. The van der Waals surface area contributed by atoms with Gasteiger partial charge in [0.1, 0.15) is 5.75 Å². The van der Waals surface area contributed by atoms with Crippen molar-refractivity contribution >= 4 is 55.1 Å². The van der Waals surface area contributed by atoms with Gasteiger partial charge in [-0.1, -0.05) is 29.8 Å². The molecule has 112 valence electrons. The number of nitriles is 1. The summed E-state index contributed by atoms with van der Waals surface area (Å²) in [6, 6.07) is 13.3. The lowest BCUT2D eigenvalue weighted by molar-refractivity contribution is 0.336. The number of hydrogen-bond acceptors (Lipinski definition) is 2. The number of nitrogens with zero attached hydrogens (tertiary/aromatic N) is 1. The average molecular weight is 442 g/mol. The number of rotatable bonds is 4. The highest BCUT2D eigenvalue weighted by molar-refractivity contribution is 9.11. The molecule has 0 radical (unpaired) electrons. The summed E-state index contributed by atoms with van der Waals surface area (Å²) in [5.41, 5.74) is 2.10. The van der Waals surface area contributed by atoms with Gasteiger partial charge in [0.05, 0.1) is 27.2 Å². The topological polar surface area (TPSA) is 33.0 Å². The number of ether oxygens (including phenoxy) is 1. The Morgan fingerprint density at radius 2 is 1.91 bits per heavy atom. The van der Waals surface area contributed by atoms with Crippen molar-refractivity contribution in [3.8, 4) is 11.8 Å². The third-order valence-corrected chi connectivity index (χ3v) is 4.41. The van der Waals surface area contributed by atoms with Crippen LogP contribution in [0.4, 0.5) is 0 Å². The summed E-state index contributed by atoms with van der Waals surface area (Å²) < 4.78 is 7.21. The molecule has 0 aliphatic carbocycles. The first-order valence-electron chi connectivity index (χ1n) is 6.55. The number of hydrogen-bond donors (Lipinski definition) is 0. The quantitative estimate of drug-likeness (QED) is 0.410. The summed E-state index contributed by atoms with van der Waals surface area (Å²) in [6.07, 6.45) is 1.80. The molecule has 2 aromatic carbocycles. The largest absolute Gasteiger partial charge is 0.492 e. The van der Waals surface area contributed by atoms with Crippen molar-refractivity contribution in [2.45, 2.75) is 6.92 Å². The van der Waals surface area contributed by atoms with Crippen molar-refractivity contribution in [2.24, 2.45) is 0 Å². The predicted molar refractivity (Wildman–Crippen MR) is 97.9 cm³/mol. The molecule has 0 aromatic heterocycles. The Morgan fingerprint density at radius 3 is 2.45 bits per heavy atom. The van der Waals surface area contributed by atoms with Gasteiger partial charge in [-0.3, -0.25) is 0 Å². The summed E-state index contributed by atoms with van der Waals surface area (Å²) in [7, 11) is 0. The Morgan fingerprint density at radius 1 is 1.27 bits per heavy atom. The van der Waals surface area contributed by atoms with E-state index in [4.69, 9.17) is 16.3 Å². The van der Waals surface area contributed by atoms with Gasteiger partial charge in [0.25, 0.3) is 0 Å². The molecule has 0 aliphatic rings. The summed E-state index contributed by atoms with van der Waals surface area (Å²) in [4.78, 5) is 0. The second kappa shape index (κ2) is 7.82. The van der Waals surface area contributed by atoms with Crippen molar-refractivity contribution in [1.29, 1.82) is 5.26 Å². The summed E-state index contributed by atoms with van der Waals surface area (Å²) >= 11 is 13.1. The van der Waals surface area contributed by atoms with E-state index in [2.05, 4.69) is 37.9 Å². The van der Waals surface area contributed by atoms with Crippen molar-refractivity contribution in [2.75, 3.05) is 6.61 Å². The highest BCUT2D eigenvalue weighted by atomic mass is 79.9. The van der Waals surface area contributed by atoms with Crippen LogP contribution in [0.15, 0.2) is 45.3 Å². The normalized spacial score (nSPS) is 11.1. The fourth-order valence-electron chi connectivity index (χ4n) is 1.96. The molecule has 0 aliphatic heterocycles. The first-order valence-corrected chi connectivity index (χ1v) is 8.51. The zero-order valence-electron chi connectivity index (χ0n) is 11.7. The molecule has 2 nitrogen and oxygen atoms in total. The van der Waals surface area contributed by atoms with Gasteiger partial charge in [-0.25, -0.2) is 0 Å². The lowest BCUT2D eigenvalue weighted by Gasteiger charge is -2.10. The fraction of sp³-hybridized carbons (Fsp3) is 0.118. The van der Waals surface area contributed by atoms with Crippen LogP contribution in [0.25, 0.3) is 11.6 Å². The van der Waals surface area contributed by atoms with Gasteiger partial charge in [-0.15, -0.1) is 0 Å². The van der Waals surface area contributed by atoms with E-state index in [9.17, 15) is 5.26 Å². The summed E-state index contributed by atoms with van der Waals surface area (Å²) in [5.74, 6) is 0.746. The molecule has 0 unspecified atom stereocenters. The van der Waals surface area contributed by atoms with Crippen LogP contribution in [0.2, 0.25) is 5.02 Å². The van der Waals surface area contributed by atoms with E-state index in [-0.39, 0.29) is 0 Å². The number of benzene rings is 2. The van der Waals surface area contributed by atoms with Crippen molar-refractivity contribution in [3.05, 3.63) is 61.5 Å². The Balaban J connectivity index is 2.48. The van der Waals surface area contributed by atoms with Gasteiger partial charge >= 0.3 is 0 Å². The van der Waals surface area contributed by atoms with Crippen LogP contribution in [0.3, 0.4) is 0 Å². The molecule has 5 heteroatoms. The van der Waals surface area contributed by atoms with Crippen LogP contribution in [-0.4, -0.2) is 6.61 Å². The van der Waals surface area contributed by atoms with Gasteiger partial charge in [0.2, 0.25) is 0 Å². The maximum Gasteiger partial charge on any atom is 0.147 e. The van der Waals surface area contributed by atoms with E-state index in [1.165, 1.54) is 0 Å². The summed E-state index contributed by atoms with van der Waals surface area (Å²) in [6.45, 7) is 2.51. The van der Waals surface area contributed by atoms with E-state index in [1.54, 1.807) is 12.1 Å². The molecule has 0 atom stereocenters. The second-order valence-corrected chi connectivity index (χ2v) is 6.51. The molecule has 2 aromatic rings. The molecule has 0 saturated heterocycles. The SMILES string of the molecule is CCOc1c(Br)cc(C=C(C#N)c2ccccc2Cl)cc1Br. The standard InChI is InChI=1S/C17H12Br2ClNO/c1-2-22-17-14(18)8-11(9-15(17)19)7-12(10-21)13-5-3-4-6-16(13)20/h3-9H,2H2,1H3. The van der Waals surface area contributed by atoms with E-state index in [0.717, 1.165) is 20.3 Å². The van der Waals surface area contributed by atoms with E-state index in [1.807, 2.05) is 37.3 Å². The maximum atomic E-state index is 9.42. The smallest absolute Gasteiger partial charge is 0.147 e. The number of halogens is 3. The van der Waals surface area contributed by atoms with Crippen LogP contribution in [0, 0.1) is 11.3 Å². The van der Waals surface area contributed by atoms with Crippen molar-refractivity contribution in [1.82, 2.24) is 0 Å². The first kappa shape index (κ1) is 17.1. The zero-order chi connectivity index (χ0) is 16.1. The van der Waals surface area contributed by atoms with Gasteiger partial charge in [0, 0.05) is 10.6 Å². The molecule has 0 N–H and O–H groups in total. The first-order chi connectivity index (χ1) is 10.6. The Bertz CT molecular complexity index is 742. The highest BCUT2D eigenvalue weighted by Gasteiger charge is 2.10. The van der Waals surface area contributed by atoms with Crippen LogP contribution in [0.5, 0.6) is 5.75 Å². The minimum absolute atomic E-state index is 0.508. The second-order valence-electron chi connectivity index (χ2n) is 4.40. The summed E-state index contributed by atoms with van der Waals surface area (Å²) in [5, 5.41) is 9.97. The van der Waals surface area contributed by atoms with Crippen molar-refractivity contribution in [3.63, 3.8) is 0 Å². The van der Waals surface area contributed by atoms with Crippen LogP contribution >= 0.6 is 43.5 Å². The van der Waals surface area contributed by atoms with Crippen molar-refractivity contribution < 1.29 is 4.74 Å². The predicted octanol–water partition coefficient (Wildman–Crippen LogP) is 6.33. The van der Waals surface area contributed by atoms with Crippen LogP contribution in [-0.2, 0) is 0 Å².